The molecule has 1 aromatic rings. The summed E-state index contributed by atoms with van der Waals surface area (Å²) in [5.74, 6) is -0.213. The van der Waals surface area contributed by atoms with Crippen LogP contribution in [0.15, 0.2) is 24.3 Å². The van der Waals surface area contributed by atoms with E-state index in [1.54, 1.807) is 38.3 Å². The van der Waals surface area contributed by atoms with Crippen LogP contribution < -0.4 is 15.4 Å². The monoisotopic (exact) mass is 388 g/mol. The molecule has 2 atom stereocenters. The first-order valence-corrected chi connectivity index (χ1v) is 8.57. The largest absolute Gasteiger partial charge is 0.497 e. The predicted molar refractivity (Wildman–Crippen MR) is 98.2 cm³/mol. The van der Waals surface area contributed by atoms with Gasteiger partial charge in [-0.3, -0.25) is 14.4 Å². The van der Waals surface area contributed by atoms with E-state index in [9.17, 15) is 14.4 Å². The lowest BCUT2D eigenvalue weighted by atomic mass is 10.3. The van der Waals surface area contributed by atoms with Crippen LogP contribution in [0.1, 0.15) is 13.3 Å². The standard InChI is InChI=1S/C16H20N2O5S.ClH/c1-3-23-16(21)12(17)9-24-13-8-14(19)18(15(13)20)10-4-6-11(22-2)7-5-10;/h4-7,12-13H,3,8-9,17H2,1-2H3;1H/t12-,13?;/m1./s1. The van der Waals surface area contributed by atoms with E-state index in [-0.39, 0.29) is 43.0 Å². The average molecular weight is 389 g/mol. The first-order valence-electron chi connectivity index (χ1n) is 7.52. The minimum absolute atomic E-state index is 0. The number of esters is 1. The lowest BCUT2D eigenvalue weighted by Crippen LogP contribution is -2.36. The lowest BCUT2D eigenvalue weighted by molar-refractivity contribution is -0.144. The Morgan fingerprint density at radius 1 is 1.36 bits per heavy atom. The zero-order chi connectivity index (χ0) is 17.7. The summed E-state index contributed by atoms with van der Waals surface area (Å²) in [6, 6.07) is 5.88. The summed E-state index contributed by atoms with van der Waals surface area (Å²) in [6.45, 7) is 1.95. The zero-order valence-electron chi connectivity index (χ0n) is 14.0. The SMILES string of the molecule is CCOC(=O)[C@H](N)CSC1CC(=O)N(c2ccc(OC)cc2)C1=O.Cl. The fraction of sp³-hybridized carbons (Fsp3) is 0.438. The van der Waals surface area contributed by atoms with Gasteiger partial charge in [0.2, 0.25) is 11.8 Å². The Hall–Kier alpha value is -1.77. The number of carbonyl (C=O) groups is 3. The Kier molecular flexibility index (Phi) is 8.21. The molecule has 1 aromatic carbocycles. The number of ether oxygens (including phenoxy) is 2. The lowest BCUT2D eigenvalue weighted by Gasteiger charge is -2.16. The van der Waals surface area contributed by atoms with Gasteiger partial charge in [0.1, 0.15) is 11.8 Å². The molecule has 2 N–H and O–H groups in total. The van der Waals surface area contributed by atoms with E-state index in [0.29, 0.717) is 11.4 Å². The number of halogens is 1. The molecule has 0 bridgehead atoms. The van der Waals surface area contributed by atoms with Gasteiger partial charge in [0, 0.05) is 12.2 Å². The van der Waals surface area contributed by atoms with Crippen molar-refractivity contribution in [3.8, 4) is 5.75 Å². The number of nitrogens with two attached hydrogens (primary N) is 1. The Labute approximate surface area is 156 Å². The molecule has 0 radical (unpaired) electrons. The van der Waals surface area contributed by atoms with E-state index in [1.165, 1.54) is 11.8 Å². The highest BCUT2D eigenvalue weighted by Crippen LogP contribution is 2.30. The Balaban J connectivity index is 0.00000312. The maximum absolute atomic E-state index is 12.5. The summed E-state index contributed by atoms with van der Waals surface area (Å²) >= 11 is 1.20. The van der Waals surface area contributed by atoms with Gasteiger partial charge in [-0.25, -0.2) is 4.90 Å². The van der Waals surface area contributed by atoms with Crippen molar-refractivity contribution in [2.24, 2.45) is 5.73 Å². The van der Waals surface area contributed by atoms with Crippen LogP contribution in [0.4, 0.5) is 5.69 Å². The molecule has 138 valence electrons. The van der Waals surface area contributed by atoms with Gasteiger partial charge in [-0.1, -0.05) is 0 Å². The summed E-state index contributed by atoms with van der Waals surface area (Å²) in [5, 5.41) is -0.542. The first-order chi connectivity index (χ1) is 11.5. The molecule has 2 rings (SSSR count). The van der Waals surface area contributed by atoms with Crippen molar-refractivity contribution in [3.63, 3.8) is 0 Å². The topological polar surface area (TPSA) is 98.9 Å². The van der Waals surface area contributed by atoms with Gasteiger partial charge in [0.15, 0.2) is 0 Å². The van der Waals surface area contributed by atoms with Gasteiger partial charge in [-0.05, 0) is 31.2 Å². The number of amides is 2. The summed E-state index contributed by atoms with van der Waals surface area (Å²) in [6.07, 6.45) is 0.0884. The van der Waals surface area contributed by atoms with Crippen LogP contribution in [-0.4, -0.2) is 48.5 Å². The molecule has 2 amide bonds. The van der Waals surface area contributed by atoms with Gasteiger partial charge in [-0.15, -0.1) is 24.2 Å². The van der Waals surface area contributed by atoms with E-state index in [0.717, 1.165) is 4.90 Å². The number of benzene rings is 1. The quantitative estimate of drug-likeness (QED) is 0.556. The smallest absolute Gasteiger partial charge is 0.323 e. The number of carbonyl (C=O) groups excluding carboxylic acids is 3. The second-order valence-electron chi connectivity index (χ2n) is 5.15. The van der Waals surface area contributed by atoms with Crippen LogP contribution in [0.2, 0.25) is 0 Å². The number of nitrogens with zero attached hydrogens (tertiary/aromatic N) is 1. The fourth-order valence-corrected chi connectivity index (χ4v) is 3.36. The van der Waals surface area contributed by atoms with E-state index in [4.69, 9.17) is 15.2 Å². The number of methoxy groups -OCH3 is 1. The van der Waals surface area contributed by atoms with Crippen molar-refractivity contribution >= 4 is 47.6 Å². The number of imide groups is 1. The number of anilines is 1. The molecule has 1 saturated heterocycles. The highest BCUT2D eigenvalue weighted by atomic mass is 35.5. The molecular weight excluding hydrogens is 368 g/mol. The second kappa shape index (κ2) is 9.65. The average Bonchev–Trinajstić information content (AvgIpc) is 2.86. The van der Waals surface area contributed by atoms with Gasteiger partial charge in [0.05, 0.1) is 24.7 Å². The maximum Gasteiger partial charge on any atom is 0.323 e. The minimum Gasteiger partial charge on any atom is -0.497 e. The molecule has 1 aliphatic rings. The highest BCUT2D eigenvalue weighted by molar-refractivity contribution is 8.00. The summed E-state index contributed by atoms with van der Waals surface area (Å²) in [4.78, 5) is 37.3. The minimum atomic E-state index is -0.812. The van der Waals surface area contributed by atoms with Crippen molar-refractivity contribution in [2.45, 2.75) is 24.6 Å². The Morgan fingerprint density at radius 2 is 2.00 bits per heavy atom. The Bertz CT molecular complexity index is 625. The van der Waals surface area contributed by atoms with Crippen LogP contribution in [0.25, 0.3) is 0 Å². The van der Waals surface area contributed by atoms with Crippen LogP contribution in [0, 0.1) is 0 Å². The third-order valence-electron chi connectivity index (χ3n) is 3.50. The van der Waals surface area contributed by atoms with Crippen molar-refractivity contribution in [1.82, 2.24) is 0 Å². The number of rotatable bonds is 7. The van der Waals surface area contributed by atoms with E-state index < -0.39 is 17.3 Å². The molecule has 0 saturated carbocycles. The number of hydrogen-bond donors (Lipinski definition) is 1. The normalized spacial score (nSPS) is 17.9. The molecule has 25 heavy (non-hydrogen) atoms. The molecule has 0 aromatic heterocycles. The molecular formula is C16H21ClN2O5S. The van der Waals surface area contributed by atoms with Crippen molar-refractivity contribution in [2.75, 3.05) is 24.4 Å². The maximum atomic E-state index is 12.5. The van der Waals surface area contributed by atoms with Crippen molar-refractivity contribution < 1.29 is 23.9 Å². The van der Waals surface area contributed by atoms with Crippen LogP contribution in [0.5, 0.6) is 5.75 Å². The van der Waals surface area contributed by atoms with E-state index in [1.807, 2.05) is 0 Å². The van der Waals surface area contributed by atoms with Gasteiger partial charge in [0.25, 0.3) is 0 Å². The number of thioether (sulfide) groups is 1. The Morgan fingerprint density at radius 3 is 2.56 bits per heavy atom. The first kappa shape index (κ1) is 21.3. The third kappa shape index (κ3) is 5.10. The van der Waals surface area contributed by atoms with Gasteiger partial charge < -0.3 is 15.2 Å². The molecule has 1 unspecified atom stereocenters. The molecule has 1 heterocycles. The molecule has 7 nitrogen and oxygen atoms in total. The summed E-state index contributed by atoms with van der Waals surface area (Å²) in [5.41, 5.74) is 6.22. The molecule has 0 spiro atoms. The summed E-state index contributed by atoms with van der Waals surface area (Å²) in [7, 11) is 1.54. The fourth-order valence-electron chi connectivity index (χ4n) is 2.27. The highest BCUT2D eigenvalue weighted by Gasteiger charge is 2.40. The van der Waals surface area contributed by atoms with Crippen LogP contribution in [0.3, 0.4) is 0 Å². The predicted octanol–water partition coefficient (Wildman–Crippen LogP) is 1.37. The van der Waals surface area contributed by atoms with Gasteiger partial charge >= 0.3 is 5.97 Å². The van der Waals surface area contributed by atoms with Gasteiger partial charge in [-0.2, -0.15) is 0 Å². The van der Waals surface area contributed by atoms with E-state index >= 15 is 0 Å². The zero-order valence-corrected chi connectivity index (χ0v) is 15.6. The van der Waals surface area contributed by atoms with Crippen molar-refractivity contribution in [1.29, 1.82) is 0 Å². The molecule has 9 heteroatoms. The third-order valence-corrected chi connectivity index (χ3v) is 4.82. The van der Waals surface area contributed by atoms with Crippen LogP contribution in [-0.2, 0) is 19.1 Å². The van der Waals surface area contributed by atoms with E-state index in [2.05, 4.69) is 0 Å². The number of hydrogen-bond acceptors (Lipinski definition) is 7. The molecule has 1 aliphatic heterocycles. The summed E-state index contributed by atoms with van der Waals surface area (Å²) < 4.78 is 9.89. The molecule has 0 aliphatic carbocycles. The second-order valence-corrected chi connectivity index (χ2v) is 6.39. The van der Waals surface area contributed by atoms with Crippen molar-refractivity contribution in [3.05, 3.63) is 24.3 Å². The van der Waals surface area contributed by atoms with Crippen LogP contribution >= 0.6 is 24.2 Å². The molecule has 1 fully saturated rings.